The lowest BCUT2D eigenvalue weighted by Gasteiger charge is -2.21. The second-order valence-electron chi connectivity index (χ2n) is 8.60. The molecule has 3 aromatic rings. The van der Waals surface area contributed by atoms with Crippen molar-refractivity contribution in [3.63, 3.8) is 0 Å². The number of anilines is 1. The minimum atomic E-state index is -4.50. The SMILES string of the molecule is CC1(C)C(=O)N(CC(F)(F)F)c2cc(C3CC3c3cc(Cl)nn4c(F)cnc34)ccc21. The monoisotopic (exact) mass is 452 g/mol. The number of hydrogen-bond donors (Lipinski definition) is 0. The van der Waals surface area contributed by atoms with Crippen LogP contribution in [0.3, 0.4) is 0 Å². The van der Waals surface area contributed by atoms with Gasteiger partial charge in [-0.3, -0.25) is 4.79 Å². The van der Waals surface area contributed by atoms with Gasteiger partial charge in [0.05, 0.1) is 11.6 Å². The van der Waals surface area contributed by atoms with Gasteiger partial charge < -0.3 is 4.90 Å². The first-order valence-electron chi connectivity index (χ1n) is 9.70. The molecule has 5 rings (SSSR count). The molecule has 0 N–H and O–H groups in total. The average molecular weight is 453 g/mol. The molecule has 1 amide bonds. The highest BCUT2D eigenvalue weighted by Gasteiger charge is 2.49. The van der Waals surface area contributed by atoms with Crippen LogP contribution >= 0.6 is 11.6 Å². The molecule has 2 atom stereocenters. The Morgan fingerprint density at radius 1 is 1.23 bits per heavy atom. The summed E-state index contributed by atoms with van der Waals surface area (Å²) in [6.07, 6.45) is -2.73. The number of carbonyl (C=O) groups excluding carboxylic acids is 1. The second kappa shape index (κ2) is 6.41. The van der Waals surface area contributed by atoms with Gasteiger partial charge in [-0.25, -0.2) is 4.98 Å². The van der Waals surface area contributed by atoms with Crippen LogP contribution < -0.4 is 4.90 Å². The van der Waals surface area contributed by atoms with E-state index in [0.29, 0.717) is 23.3 Å². The van der Waals surface area contributed by atoms with Crippen molar-refractivity contribution >= 4 is 28.8 Å². The quantitative estimate of drug-likeness (QED) is 0.527. The zero-order valence-electron chi connectivity index (χ0n) is 16.5. The van der Waals surface area contributed by atoms with Gasteiger partial charge in [-0.1, -0.05) is 23.7 Å². The van der Waals surface area contributed by atoms with E-state index in [1.807, 2.05) is 6.07 Å². The minimum absolute atomic E-state index is 0.00104. The van der Waals surface area contributed by atoms with E-state index in [0.717, 1.165) is 26.7 Å². The number of carbonyl (C=O) groups is 1. The number of aromatic nitrogens is 3. The minimum Gasteiger partial charge on any atom is -0.302 e. The van der Waals surface area contributed by atoms with Crippen LogP contribution in [0.1, 0.15) is 48.8 Å². The molecule has 162 valence electrons. The van der Waals surface area contributed by atoms with E-state index in [4.69, 9.17) is 11.6 Å². The summed E-state index contributed by atoms with van der Waals surface area (Å²) in [5, 5.41) is 4.04. The molecular formula is C21H17ClF4N4O. The molecule has 0 bridgehead atoms. The van der Waals surface area contributed by atoms with Crippen molar-refractivity contribution < 1.29 is 22.4 Å². The van der Waals surface area contributed by atoms with Crippen molar-refractivity contribution in [3.8, 4) is 0 Å². The molecule has 31 heavy (non-hydrogen) atoms. The Bertz CT molecular complexity index is 1240. The molecule has 2 unspecified atom stereocenters. The maximum atomic E-state index is 13.9. The van der Waals surface area contributed by atoms with Crippen LogP contribution in [0.2, 0.25) is 5.15 Å². The molecule has 1 aliphatic heterocycles. The lowest BCUT2D eigenvalue weighted by Crippen LogP contribution is -2.41. The largest absolute Gasteiger partial charge is 0.406 e. The van der Waals surface area contributed by atoms with Gasteiger partial charge in [-0.15, -0.1) is 0 Å². The van der Waals surface area contributed by atoms with Crippen molar-refractivity contribution in [1.29, 1.82) is 0 Å². The molecule has 1 aromatic carbocycles. The number of imidazole rings is 1. The van der Waals surface area contributed by atoms with Gasteiger partial charge in [0, 0.05) is 11.3 Å². The Hall–Kier alpha value is -2.68. The van der Waals surface area contributed by atoms with Crippen LogP contribution in [0, 0.1) is 5.95 Å². The third-order valence-electron chi connectivity index (χ3n) is 6.15. The summed E-state index contributed by atoms with van der Waals surface area (Å²) in [5.41, 5.74) is 1.76. The fraction of sp³-hybridized carbons (Fsp3) is 0.381. The molecule has 2 aliphatic rings. The second-order valence-corrected chi connectivity index (χ2v) is 8.98. The first-order valence-corrected chi connectivity index (χ1v) is 10.1. The zero-order chi connectivity index (χ0) is 22.3. The fourth-order valence-electron chi connectivity index (χ4n) is 4.54. The summed E-state index contributed by atoms with van der Waals surface area (Å²) in [6.45, 7) is 1.94. The molecule has 3 heterocycles. The van der Waals surface area contributed by atoms with E-state index in [1.165, 1.54) is 0 Å². The molecule has 5 nitrogen and oxygen atoms in total. The van der Waals surface area contributed by atoms with E-state index in [2.05, 4.69) is 10.1 Å². The Labute approximate surface area is 179 Å². The lowest BCUT2D eigenvalue weighted by atomic mass is 9.85. The van der Waals surface area contributed by atoms with Gasteiger partial charge in [0.15, 0.2) is 10.8 Å². The maximum absolute atomic E-state index is 13.9. The summed E-state index contributed by atoms with van der Waals surface area (Å²) >= 11 is 6.05. The van der Waals surface area contributed by atoms with E-state index in [1.54, 1.807) is 32.0 Å². The number of hydrogen-bond acceptors (Lipinski definition) is 3. The van der Waals surface area contributed by atoms with E-state index >= 15 is 0 Å². The van der Waals surface area contributed by atoms with Gasteiger partial charge in [0.1, 0.15) is 6.54 Å². The summed E-state index contributed by atoms with van der Waals surface area (Å²) < 4.78 is 54.3. The van der Waals surface area contributed by atoms with E-state index < -0.39 is 30.0 Å². The molecule has 1 saturated carbocycles. The summed E-state index contributed by atoms with van der Waals surface area (Å²) in [5.74, 6) is -1.22. The van der Waals surface area contributed by atoms with Gasteiger partial charge >= 0.3 is 6.18 Å². The number of halogens is 5. The van der Waals surface area contributed by atoms with Crippen molar-refractivity contribution in [1.82, 2.24) is 14.6 Å². The number of rotatable bonds is 3. The van der Waals surface area contributed by atoms with Crippen LogP contribution in [0.4, 0.5) is 23.2 Å². The number of alkyl halides is 3. The van der Waals surface area contributed by atoms with Gasteiger partial charge in [-0.2, -0.15) is 27.2 Å². The highest BCUT2D eigenvalue weighted by atomic mass is 35.5. The van der Waals surface area contributed by atoms with Crippen molar-refractivity contribution in [3.05, 3.63) is 58.3 Å². The fourth-order valence-corrected chi connectivity index (χ4v) is 4.74. The molecular weight excluding hydrogens is 436 g/mol. The van der Waals surface area contributed by atoms with Crippen molar-refractivity contribution in [2.45, 2.75) is 43.7 Å². The Morgan fingerprint density at radius 2 is 1.97 bits per heavy atom. The third-order valence-corrected chi connectivity index (χ3v) is 6.33. The van der Waals surface area contributed by atoms with Crippen LogP contribution in [0.5, 0.6) is 0 Å². The smallest absolute Gasteiger partial charge is 0.302 e. The number of benzene rings is 1. The Balaban J connectivity index is 1.51. The average Bonchev–Trinajstić information content (AvgIpc) is 3.37. The number of amides is 1. The van der Waals surface area contributed by atoms with Crippen LogP contribution in [-0.2, 0) is 10.2 Å². The summed E-state index contributed by atoms with van der Waals surface area (Å²) in [6, 6.07) is 6.90. The molecule has 1 fully saturated rings. The first-order chi connectivity index (χ1) is 14.5. The Kier molecular flexibility index (Phi) is 4.19. The first kappa shape index (κ1) is 20.2. The molecule has 1 aliphatic carbocycles. The molecule has 2 aromatic heterocycles. The topological polar surface area (TPSA) is 50.5 Å². The molecule has 0 spiro atoms. The standard InChI is InChI=1S/C21H17ClF4N4O/c1-20(2)14-4-3-10(5-15(14)29(19(20)31)9-21(24,25)26)11-6-12(11)13-7-16(22)28-30-17(23)8-27-18(13)30/h3-5,7-8,11-12H,6,9H2,1-2H3. The number of fused-ring (bicyclic) bond motifs is 2. The van der Waals surface area contributed by atoms with Crippen molar-refractivity contribution in [2.75, 3.05) is 11.4 Å². The Morgan fingerprint density at radius 3 is 2.68 bits per heavy atom. The van der Waals surface area contributed by atoms with Crippen LogP contribution in [0.15, 0.2) is 30.5 Å². The predicted molar refractivity (Wildman–Crippen MR) is 106 cm³/mol. The van der Waals surface area contributed by atoms with Gasteiger partial charge in [0.25, 0.3) is 0 Å². The number of nitrogens with zero attached hydrogens (tertiary/aromatic N) is 4. The third kappa shape index (κ3) is 3.17. The lowest BCUT2D eigenvalue weighted by molar-refractivity contribution is -0.134. The summed E-state index contributed by atoms with van der Waals surface area (Å²) in [4.78, 5) is 17.6. The predicted octanol–water partition coefficient (Wildman–Crippen LogP) is 4.98. The highest BCUT2D eigenvalue weighted by molar-refractivity contribution is 6.29. The van der Waals surface area contributed by atoms with E-state index in [9.17, 15) is 22.4 Å². The van der Waals surface area contributed by atoms with Crippen LogP contribution in [0.25, 0.3) is 5.65 Å². The molecule has 10 heteroatoms. The highest BCUT2D eigenvalue weighted by Crippen LogP contribution is 2.57. The molecule has 0 saturated heterocycles. The van der Waals surface area contributed by atoms with Gasteiger partial charge in [0.2, 0.25) is 11.9 Å². The normalized spacial score (nSPS) is 22.3. The van der Waals surface area contributed by atoms with Gasteiger partial charge in [-0.05, 0) is 55.4 Å². The molecule has 0 radical (unpaired) electrons. The zero-order valence-corrected chi connectivity index (χ0v) is 17.3. The van der Waals surface area contributed by atoms with E-state index in [-0.39, 0.29) is 17.0 Å². The van der Waals surface area contributed by atoms with Crippen molar-refractivity contribution in [2.24, 2.45) is 0 Å². The van der Waals surface area contributed by atoms with Crippen LogP contribution in [-0.4, -0.2) is 33.2 Å². The maximum Gasteiger partial charge on any atom is 0.406 e. The summed E-state index contributed by atoms with van der Waals surface area (Å²) in [7, 11) is 0.